The van der Waals surface area contributed by atoms with Crippen molar-refractivity contribution in [2.45, 2.75) is 52.5 Å². The number of alkyl halides is 2. The SMILES string of the molecule is CCc1cc(Oc2cc(C)cc(C(C)NC(=O)c3ccc(C(F)F)cc3OC)c2)ccc1CCC(=O)O. The van der Waals surface area contributed by atoms with Gasteiger partial charge in [0.15, 0.2) is 0 Å². The normalized spacial score (nSPS) is 11.8. The lowest BCUT2D eigenvalue weighted by molar-refractivity contribution is -0.136. The smallest absolute Gasteiger partial charge is 0.303 e. The number of ether oxygens (including phenoxy) is 2. The molecule has 1 amide bonds. The zero-order chi connectivity index (χ0) is 27.1. The molecule has 8 heteroatoms. The van der Waals surface area contributed by atoms with Crippen LogP contribution in [0.4, 0.5) is 8.78 Å². The van der Waals surface area contributed by atoms with Crippen molar-refractivity contribution >= 4 is 11.9 Å². The molecule has 3 aromatic carbocycles. The number of carboxylic acid groups (broad SMARTS) is 1. The first-order chi connectivity index (χ1) is 17.6. The summed E-state index contributed by atoms with van der Waals surface area (Å²) in [6.45, 7) is 5.75. The topological polar surface area (TPSA) is 84.9 Å². The van der Waals surface area contributed by atoms with Gasteiger partial charge in [-0.1, -0.05) is 25.1 Å². The van der Waals surface area contributed by atoms with Gasteiger partial charge in [0.1, 0.15) is 17.2 Å². The maximum Gasteiger partial charge on any atom is 0.303 e. The van der Waals surface area contributed by atoms with Gasteiger partial charge in [-0.15, -0.1) is 0 Å². The maximum atomic E-state index is 13.0. The number of carboxylic acids is 1. The first-order valence-electron chi connectivity index (χ1n) is 12.0. The molecular weight excluding hydrogens is 480 g/mol. The Hall–Kier alpha value is -3.94. The molecule has 1 atom stereocenters. The zero-order valence-corrected chi connectivity index (χ0v) is 21.3. The summed E-state index contributed by atoms with van der Waals surface area (Å²) in [4.78, 5) is 23.8. The molecule has 0 saturated heterocycles. The number of halogens is 2. The molecule has 0 aliphatic heterocycles. The highest BCUT2D eigenvalue weighted by molar-refractivity contribution is 5.97. The summed E-state index contributed by atoms with van der Waals surface area (Å²) in [6, 6.07) is 14.6. The number of benzene rings is 3. The molecule has 3 aromatic rings. The van der Waals surface area contributed by atoms with Gasteiger partial charge >= 0.3 is 5.97 Å². The summed E-state index contributed by atoms with van der Waals surface area (Å²) in [5.74, 6) is 0.0239. The highest BCUT2D eigenvalue weighted by atomic mass is 19.3. The van der Waals surface area contributed by atoms with Crippen molar-refractivity contribution in [3.8, 4) is 17.2 Å². The van der Waals surface area contributed by atoms with E-state index >= 15 is 0 Å². The average molecular weight is 512 g/mol. The Labute approximate surface area is 215 Å². The van der Waals surface area contributed by atoms with Crippen LogP contribution in [0.3, 0.4) is 0 Å². The van der Waals surface area contributed by atoms with Crippen LogP contribution in [0, 0.1) is 6.92 Å². The van der Waals surface area contributed by atoms with Crippen LogP contribution in [-0.2, 0) is 17.6 Å². The molecule has 37 heavy (non-hydrogen) atoms. The second-order valence-electron chi connectivity index (χ2n) is 8.81. The number of aryl methyl sites for hydroxylation is 3. The Bertz CT molecular complexity index is 1280. The van der Waals surface area contributed by atoms with Crippen LogP contribution in [0.2, 0.25) is 0 Å². The van der Waals surface area contributed by atoms with Gasteiger partial charge in [0.05, 0.1) is 18.7 Å². The fourth-order valence-corrected chi connectivity index (χ4v) is 4.09. The largest absolute Gasteiger partial charge is 0.496 e. The third-order valence-corrected chi connectivity index (χ3v) is 6.05. The quantitative estimate of drug-likeness (QED) is 0.296. The monoisotopic (exact) mass is 511 g/mol. The molecule has 0 spiro atoms. The summed E-state index contributed by atoms with van der Waals surface area (Å²) < 4.78 is 37.3. The molecule has 2 N–H and O–H groups in total. The maximum absolute atomic E-state index is 13.0. The average Bonchev–Trinajstić information content (AvgIpc) is 2.86. The van der Waals surface area contributed by atoms with Crippen molar-refractivity contribution in [2.24, 2.45) is 0 Å². The lowest BCUT2D eigenvalue weighted by Crippen LogP contribution is -2.27. The third kappa shape index (κ3) is 7.29. The number of methoxy groups -OCH3 is 1. The van der Waals surface area contributed by atoms with Gasteiger partial charge < -0.3 is 19.9 Å². The molecule has 0 aliphatic carbocycles. The summed E-state index contributed by atoms with van der Waals surface area (Å²) in [6.07, 6.45) is -1.39. The standard InChI is InChI=1S/C29H31F2NO5/c1-5-19-14-23(9-6-20(19)8-11-27(33)34)37-24-13-17(2)12-22(15-24)18(3)32-29(35)25-10-7-21(28(30)31)16-26(25)36-4/h6-7,9-10,12-16,18,28H,5,8,11H2,1-4H3,(H,32,35)(H,33,34). The van der Waals surface area contributed by atoms with E-state index in [1.807, 2.05) is 57.2 Å². The second-order valence-corrected chi connectivity index (χ2v) is 8.81. The number of carbonyl (C=O) groups excluding carboxylic acids is 1. The molecule has 0 bridgehead atoms. The summed E-state index contributed by atoms with van der Waals surface area (Å²) in [5, 5.41) is 11.9. The molecule has 0 aromatic heterocycles. The fraction of sp³-hybridized carbons (Fsp3) is 0.310. The van der Waals surface area contributed by atoms with Crippen molar-refractivity contribution in [1.82, 2.24) is 5.32 Å². The molecule has 0 heterocycles. The Morgan fingerprint density at radius 2 is 1.73 bits per heavy atom. The minimum Gasteiger partial charge on any atom is -0.496 e. The molecule has 0 fully saturated rings. The lowest BCUT2D eigenvalue weighted by atomic mass is 10.0. The van der Waals surface area contributed by atoms with Crippen LogP contribution in [0.25, 0.3) is 0 Å². The van der Waals surface area contributed by atoms with Gasteiger partial charge in [-0.2, -0.15) is 0 Å². The first-order valence-corrected chi connectivity index (χ1v) is 12.0. The van der Waals surface area contributed by atoms with Gasteiger partial charge in [-0.05, 0) is 85.3 Å². The number of hydrogen-bond acceptors (Lipinski definition) is 4. The van der Waals surface area contributed by atoms with Gasteiger partial charge in [0.25, 0.3) is 12.3 Å². The first kappa shape index (κ1) is 27.6. The van der Waals surface area contributed by atoms with Crippen LogP contribution in [0.1, 0.15) is 70.9 Å². The van der Waals surface area contributed by atoms with E-state index in [-0.39, 0.29) is 23.3 Å². The molecule has 196 valence electrons. The molecular formula is C29H31F2NO5. The van der Waals surface area contributed by atoms with E-state index in [0.717, 1.165) is 28.7 Å². The predicted molar refractivity (Wildman–Crippen MR) is 137 cm³/mol. The number of amides is 1. The van der Waals surface area contributed by atoms with E-state index in [0.29, 0.717) is 17.9 Å². The zero-order valence-electron chi connectivity index (χ0n) is 21.3. The third-order valence-electron chi connectivity index (χ3n) is 6.05. The Morgan fingerprint density at radius 1 is 0.973 bits per heavy atom. The minimum atomic E-state index is -2.66. The van der Waals surface area contributed by atoms with Crippen LogP contribution in [0.15, 0.2) is 54.6 Å². The van der Waals surface area contributed by atoms with E-state index in [4.69, 9.17) is 14.6 Å². The van der Waals surface area contributed by atoms with E-state index in [1.165, 1.54) is 25.3 Å². The van der Waals surface area contributed by atoms with Gasteiger partial charge in [-0.25, -0.2) is 8.78 Å². The Balaban J connectivity index is 1.77. The second kappa shape index (κ2) is 12.3. The van der Waals surface area contributed by atoms with E-state index < -0.39 is 24.3 Å². The number of carbonyl (C=O) groups is 2. The van der Waals surface area contributed by atoms with Gasteiger partial charge in [-0.3, -0.25) is 9.59 Å². The van der Waals surface area contributed by atoms with Crippen molar-refractivity contribution in [1.29, 1.82) is 0 Å². The number of rotatable bonds is 11. The number of hydrogen-bond donors (Lipinski definition) is 2. The Morgan fingerprint density at radius 3 is 2.38 bits per heavy atom. The van der Waals surface area contributed by atoms with Crippen molar-refractivity contribution in [2.75, 3.05) is 7.11 Å². The van der Waals surface area contributed by atoms with E-state index in [2.05, 4.69) is 5.32 Å². The van der Waals surface area contributed by atoms with Gasteiger partial charge in [0.2, 0.25) is 0 Å². The number of nitrogens with one attached hydrogen (secondary N) is 1. The highest BCUT2D eigenvalue weighted by Crippen LogP contribution is 2.30. The molecule has 0 radical (unpaired) electrons. The van der Waals surface area contributed by atoms with E-state index in [9.17, 15) is 18.4 Å². The van der Waals surface area contributed by atoms with Crippen LogP contribution in [-0.4, -0.2) is 24.1 Å². The molecule has 1 unspecified atom stereocenters. The predicted octanol–water partition coefficient (Wildman–Crippen LogP) is 6.80. The summed E-state index contributed by atoms with van der Waals surface area (Å²) >= 11 is 0. The van der Waals surface area contributed by atoms with Crippen LogP contribution in [0.5, 0.6) is 17.2 Å². The molecule has 6 nitrogen and oxygen atoms in total. The van der Waals surface area contributed by atoms with Crippen molar-refractivity contribution in [3.05, 3.63) is 88.0 Å². The van der Waals surface area contributed by atoms with Crippen molar-refractivity contribution < 1.29 is 33.0 Å². The van der Waals surface area contributed by atoms with Crippen molar-refractivity contribution in [3.63, 3.8) is 0 Å². The van der Waals surface area contributed by atoms with Gasteiger partial charge in [0, 0.05) is 12.0 Å². The highest BCUT2D eigenvalue weighted by Gasteiger charge is 2.19. The number of aliphatic carboxylic acids is 1. The summed E-state index contributed by atoms with van der Waals surface area (Å²) in [7, 11) is 1.33. The molecule has 0 aliphatic rings. The minimum absolute atomic E-state index is 0.0697. The van der Waals surface area contributed by atoms with Crippen LogP contribution >= 0.6 is 0 Å². The van der Waals surface area contributed by atoms with E-state index in [1.54, 1.807) is 0 Å². The lowest BCUT2D eigenvalue weighted by Gasteiger charge is -2.18. The molecule has 3 rings (SSSR count). The summed E-state index contributed by atoms with van der Waals surface area (Å²) in [5.41, 5.74) is 3.69. The molecule has 0 saturated carbocycles. The Kier molecular flexibility index (Phi) is 9.22. The van der Waals surface area contributed by atoms with Crippen LogP contribution < -0.4 is 14.8 Å². The fourth-order valence-electron chi connectivity index (χ4n) is 4.09.